The van der Waals surface area contributed by atoms with Crippen LogP contribution in [-0.2, 0) is 0 Å². The number of rotatable bonds is 5. The number of hydrogen-bond acceptors (Lipinski definition) is 3. The van der Waals surface area contributed by atoms with E-state index in [0.717, 1.165) is 24.9 Å². The summed E-state index contributed by atoms with van der Waals surface area (Å²) in [6.45, 7) is 5.06. The maximum Gasteiger partial charge on any atom is 0.121 e. The number of anilines is 1. The number of ether oxygens (including phenoxy) is 1. The zero-order valence-electron chi connectivity index (χ0n) is 11.8. The predicted molar refractivity (Wildman–Crippen MR) is 79.0 cm³/mol. The van der Waals surface area contributed by atoms with Gasteiger partial charge in [-0.2, -0.15) is 0 Å². The largest absolute Gasteiger partial charge is 0.494 e. The van der Waals surface area contributed by atoms with Crippen LogP contribution in [0.2, 0.25) is 0 Å². The molecule has 1 unspecified atom stereocenters. The molecule has 1 saturated heterocycles. The van der Waals surface area contributed by atoms with Crippen molar-refractivity contribution in [1.29, 1.82) is 0 Å². The van der Waals surface area contributed by atoms with E-state index in [1.54, 1.807) is 0 Å². The second-order valence-electron chi connectivity index (χ2n) is 5.66. The van der Waals surface area contributed by atoms with Crippen LogP contribution in [-0.4, -0.2) is 31.8 Å². The van der Waals surface area contributed by atoms with Gasteiger partial charge in [0.25, 0.3) is 0 Å². The molecular formula is C16H24N2O. The SMILES string of the molecule is CCOc1cccc(N2CCCC(NC3CC3)C2)c1. The number of hydrogen-bond donors (Lipinski definition) is 1. The monoisotopic (exact) mass is 260 g/mol. The van der Waals surface area contributed by atoms with E-state index in [2.05, 4.69) is 28.4 Å². The van der Waals surface area contributed by atoms with Gasteiger partial charge in [-0.15, -0.1) is 0 Å². The van der Waals surface area contributed by atoms with Crippen LogP contribution >= 0.6 is 0 Å². The number of nitrogens with one attached hydrogen (secondary N) is 1. The molecule has 1 aliphatic heterocycles. The molecule has 0 bridgehead atoms. The molecular weight excluding hydrogens is 236 g/mol. The second-order valence-corrected chi connectivity index (χ2v) is 5.66. The molecule has 0 radical (unpaired) electrons. The molecule has 1 heterocycles. The van der Waals surface area contributed by atoms with Crippen LogP contribution in [0.3, 0.4) is 0 Å². The normalized spacial score (nSPS) is 23.4. The molecule has 0 amide bonds. The minimum atomic E-state index is 0.664. The van der Waals surface area contributed by atoms with Gasteiger partial charge in [-0.3, -0.25) is 0 Å². The van der Waals surface area contributed by atoms with E-state index in [0.29, 0.717) is 6.04 Å². The fourth-order valence-corrected chi connectivity index (χ4v) is 2.87. The Balaban J connectivity index is 1.64. The molecule has 1 N–H and O–H groups in total. The molecule has 0 aromatic heterocycles. The summed E-state index contributed by atoms with van der Waals surface area (Å²) >= 11 is 0. The topological polar surface area (TPSA) is 24.5 Å². The Hall–Kier alpha value is -1.22. The van der Waals surface area contributed by atoms with Crippen LogP contribution < -0.4 is 15.0 Å². The highest BCUT2D eigenvalue weighted by molar-refractivity contribution is 5.51. The minimum Gasteiger partial charge on any atom is -0.494 e. The molecule has 1 aliphatic carbocycles. The molecule has 1 aromatic carbocycles. The maximum absolute atomic E-state index is 5.60. The summed E-state index contributed by atoms with van der Waals surface area (Å²) in [4.78, 5) is 2.49. The first kappa shape index (κ1) is 12.8. The van der Waals surface area contributed by atoms with Crippen LogP contribution in [0.1, 0.15) is 32.6 Å². The summed E-state index contributed by atoms with van der Waals surface area (Å²) in [5.74, 6) is 0.984. The number of benzene rings is 1. The number of nitrogens with zero attached hydrogens (tertiary/aromatic N) is 1. The molecule has 3 rings (SSSR count). The first-order valence-electron chi connectivity index (χ1n) is 7.59. The summed E-state index contributed by atoms with van der Waals surface area (Å²) in [7, 11) is 0. The Morgan fingerprint density at radius 1 is 1.26 bits per heavy atom. The average Bonchev–Trinajstić information content (AvgIpc) is 3.24. The Morgan fingerprint density at radius 3 is 2.95 bits per heavy atom. The van der Waals surface area contributed by atoms with Gasteiger partial charge in [0.15, 0.2) is 0 Å². The summed E-state index contributed by atoms with van der Waals surface area (Å²) in [5, 5.41) is 3.76. The van der Waals surface area contributed by atoms with E-state index in [4.69, 9.17) is 4.74 Å². The van der Waals surface area contributed by atoms with Crippen molar-refractivity contribution < 1.29 is 4.74 Å². The summed E-state index contributed by atoms with van der Waals surface area (Å²) in [5.41, 5.74) is 1.30. The van der Waals surface area contributed by atoms with Gasteiger partial charge >= 0.3 is 0 Å². The van der Waals surface area contributed by atoms with Gasteiger partial charge < -0.3 is 15.0 Å². The van der Waals surface area contributed by atoms with Crippen molar-refractivity contribution in [2.24, 2.45) is 0 Å². The lowest BCUT2D eigenvalue weighted by atomic mass is 10.0. The van der Waals surface area contributed by atoms with Crippen LogP contribution in [0.5, 0.6) is 5.75 Å². The molecule has 1 saturated carbocycles. The molecule has 19 heavy (non-hydrogen) atoms. The zero-order valence-corrected chi connectivity index (χ0v) is 11.8. The minimum absolute atomic E-state index is 0.664. The van der Waals surface area contributed by atoms with Crippen molar-refractivity contribution in [3.05, 3.63) is 24.3 Å². The van der Waals surface area contributed by atoms with Crippen molar-refractivity contribution in [3.8, 4) is 5.75 Å². The van der Waals surface area contributed by atoms with Crippen molar-refractivity contribution in [1.82, 2.24) is 5.32 Å². The van der Waals surface area contributed by atoms with Gasteiger partial charge in [-0.05, 0) is 44.7 Å². The van der Waals surface area contributed by atoms with Crippen LogP contribution in [0.4, 0.5) is 5.69 Å². The molecule has 104 valence electrons. The van der Waals surface area contributed by atoms with Crippen molar-refractivity contribution >= 4 is 5.69 Å². The van der Waals surface area contributed by atoms with E-state index in [9.17, 15) is 0 Å². The quantitative estimate of drug-likeness (QED) is 0.881. The molecule has 2 fully saturated rings. The standard InChI is InChI=1S/C16H24N2O/c1-2-19-16-7-3-6-15(11-16)18-10-4-5-14(12-18)17-13-8-9-13/h3,6-7,11,13-14,17H,2,4-5,8-10,12H2,1H3. The molecule has 3 nitrogen and oxygen atoms in total. The Labute approximate surface area is 115 Å². The third-order valence-corrected chi connectivity index (χ3v) is 3.96. The van der Waals surface area contributed by atoms with Gasteiger partial charge in [-0.1, -0.05) is 6.07 Å². The first-order chi connectivity index (χ1) is 9.35. The first-order valence-corrected chi connectivity index (χ1v) is 7.59. The summed E-state index contributed by atoms with van der Waals surface area (Å²) in [6.07, 6.45) is 5.34. The Kier molecular flexibility index (Phi) is 3.92. The van der Waals surface area contributed by atoms with E-state index >= 15 is 0 Å². The van der Waals surface area contributed by atoms with E-state index < -0.39 is 0 Å². The van der Waals surface area contributed by atoms with Gasteiger partial charge in [0, 0.05) is 36.9 Å². The van der Waals surface area contributed by atoms with Gasteiger partial charge in [0.1, 0.15) is 5.75 Å². The van der Waals surface area contributed by atoms with Crippen molar-refractivity contribution in [2.45, 2.75) is 44.7 Å². The highest BCUT2D eigenvalue weighted by Gasteiger charge is 2.27. The smallest absolute Gasteiger partial charge is 0.121 e. The van der Waals surface area contributed by atoms with E-state index in [-0.39, 0.29) is 0 Å². The predicted octanol–water partition coefficient (Wildman–Crippen LogP) is 2.81. The maximum atomic E-state index is 5.60. The van der Waals surface area contributed by atoms with Crippen molar-refractivity contribution in [3.63, 3.8) is 0 Å². The van der Waals surface area contributed by atoms with E-state index in [1.807, 2.05) is 13.0 Å². The lowest BCUT2D eigenvalue weighted by Gasteiger charge is -2.35. The molecule has 0 spiro atoms. The molecule has 1 aromatic rings. The fraction of sp³-hybridized carbons (Fsp3) is 0.625. The average molecular weight is 260 g/mol. The highest BCUT2D eigenvalue weighted by Crippen LogP contribution is 2.26. The lowest BCUT2D eigenvalue weighted by molar-refractivity contribution is 0.340. The molecule has 3 heteroatoms. The summed E-state index contributed by atoms with van der Waals surface area (Å²) < 4.78 is 5.60. The van der Waals surface area contributed by atoms with Crippen LogP contribution in [0.15, 0.2) is 24.3 Å². The third kappa shape index (κ3) is 3.41. The van der Waals surface area contributed by atoms with Crippen LogP contribution in [0.25, 0.3) is 0 Å². The number of piperidine rings is 1. The third-order valence-electron chi connectivity index (χ3n) is 3.96. The molecule has 1 atom stereocenters. The second kappa shape index (κ2) is 5.83. The van der Waals surface area contributed by atoms with E-state index in [1.165, 1.54) is 37.9 Å². The highest BCUT2D eigenvalue weighted by atomic mass is 16.5. The Bertz CT molecular complexity index is 417. The van der Waals surface area contributed by atoms with Crippen molar-refractivity contribution in [2.75, 3.05) is 24.6 Å². The van der Waals surface area contributed by atoms with Gasteiger partial charge in [0.2, 0.25) is 0 Å². The summed E-state index contributed by atoms with van der Waals surface area (Å²) in [6, 6.07) is 9.97. The van der Waals surface area contributed by atoms with Gasteiger partial charge in [0.05, 0.1) is 6.61 Å². The molecule has 2 aliphatic rings. The fourth-order valence-electron chi connectivity index (χ4n) is 2.87. The van der Waals surface area contributed by atoms with Crippen LogP contribution in [0, 0.1) is 0 Å². The lowest BCUT2D eigenvalue weighted by Crippen LogP contribution is -2.46. The Morgan fingerprint density at radius 2 is 2.16 bits per heavy atom. The zero-order chi connectivity index (χ0) is 13.1. The van der Waals surface area contributed by atoms with Gasteiger partial charge in [-0.25, -0.2) is 0 Å².